The minimum Gasteiger partial charge on any atom is -0.481 e. The van der Waals surface area contributed by atoms with E-state index in [0.29, 0.717) is 11.4 Å². The van der Waals surface area contributed by atoms with Crippen LogP contribution in [0.25, 0.3) is 11.2 Å². The summed E-state index contributed by atoms with van der Waals surface area (Å²) < 4.78 is 0. The quantitative estimate of drug-likeness (QED) is 0.0142. The van der Waals surface area contributed by atoms with E-state index in [9.17, 15) is 104 Å². The van der Waals surface area contributed by atoms with Crippen LogP contribution in [-0.2, 0) is 49.7 Å². The average Bonchev–Trinajstić information content (AvgIpc) is 0.938. The molecule has 8 amide bonds. The molecule has 0 aliphatic heterocycles. The fraction of sp³-hybridized carbons (Fsp3) is 0.566. The molecule has 516 valence electrons. The van der Waals surface area contributed by atoms with Crippen LogP contribution in [-0.4, -0.2) is 265 Å². The first-order valence-corrected chi connectivity index (χ1v) is 28.7. The molecule has 93 heavy (non-hydrogen) atoms. The molecular weight excluding hydrogens is 1240 g/mol. The Kier molecular flexibility index (Phi) is 32.7. The molecule has 40 heteroatoms. The molecule has 3 rings (SSSR count). The van der Waals surface area contributed by atoms with Crippen LogP contribution in [0.3, 0.4) is 0 Å². The van der Waals surface area contributed by atoms with Gasteiger partial charge in [-0.3, -0.25) is 58.3 Å². The van der Waals surface area contributed by atoms with Gasteiger partial charge >= 0.3 is 11.9 Å². The molecule has 0 spiro atoms. The molecule has 0 bridgehead atoms. The van der Waals surface area contributed by atoms with Crippen LogP contribution in [0.15, 0.2) is 35.3 Å². The van der Waals surface area contributed by atoms with E-state index >= 15 is 0 Å². The molecule has 40 nitrogen and oxygen atoms in total. The lowest BCUT2D eigenvalue weighted by molar-refractivity contribution is -0.140. The van der Waals surface area contributed by atoms with Crippen LogP contribution in [0.1, 0.15) is 80.3 Å². The van der Waals surface area contributed by atoms with Gasteiger partial charge in [-0.2, -0.15) is 4.98 Å². The van der Waals surface area contributed by atoms with Crippen molar-refractivity contribution in [3.8, 4) is 0 Å². The first-order valence-electron chi connectivity index (χ1n) is 28.7. The Labute approximate surface area is 527 Å². The van der Waals surface area contributed by atoms with Crippen LogP contribution >= 0.6 is 0 Å². The molecule has 0 aliphatic rings. The van der Waals surface area contributed by atoms with Gasteiger partial charge < -0.3 is 126 Å². The van der Waals surface area contributed by atoms with Crippen molar-refractivity contribution in [2.24, 2.45) is 5.73 Å². The number of aliphatic hydroxyl groups is 10. The van der Waals surface area contributed by atoms with Crippen molar-refractivity contribution < 1.29 is 109 Å². The van der Waals surface area contributed by atoms with Crippen molar-refractivity contribution >= 4 is 88.0 Å². The van der Waals surface area contributed by atoms with Crippen LogP contribution < -0.4 is 70.2 Å². The zero-order valence-electron chi connectivity index (χ0n) is 50.1. The summed E-state index contributed by atoms with van der Waals surface area (Å²) in [5.74, 6) is -12.2. The van der Waals surface area contributed by atoms with Crippen molar-refractivity contribution in [1.82, 2.24) is 67.8 Å². The predicted molar refractivity (Wildman–Crippen MR) is 319 cm³/mol. The van der Waals surface area contributed by atoms with Crippen molar-refractivity contribution in [1.29, 1.82) is 5.41 Å². The number of nitrogens with zero attached hydrogens (tertiary/aromatic N) is 3. The second-order valence-electron chi connectivity index (χ2n) is 20.9. The molecule has 13 atom stereocenters. The fourth-order valence-corrected chi connectivity index (χ4v) is 8.42. The molecule has 0 fully saturated rings. The van der Waals surface area contributed by atoms with Crippen molar-refractivity contribution in [3.05, 3.63) is 52.1 Å². The third kappa shape index (κ3) is 26.8. The number of likely N-dealkylation sites (N-methyl/N-ethyl adjacent to an activating group) is 1. The summed E-state index contributed by atoms with van der Waals surface area (Å²) in [6.07, 6.45) is -20.5. The smallest absolute Gasteiger partial charge is 0.326 e. The van der Waals surface area contributed by atoms with Gasteiger partial charge in [0.2, 0.25) is 47.3 Å². The lowest BCUT2D eigenvalue weighted by Gasteiger charge is -2.27. The second-order valence-corrected chi connectivity index (χ2v) is 20.9. The summed E-state index contributed by atoms with van der Waals surface area (Å²) in [5.41, 5.74) is 10.9. The van der Waals surface area contributed by atoms with E-state index in [1.807, 2.05) is 0 Å². The Bertz CT molecular complexity index is 3090. The molecule has 0 saturated carbocycles. The molecule has 0 radical (unpaired) electrons. The predicted octanol–water partition coefficient (Wildman–Crippen LogP) is -10.7. The highest BCUT2D eigenvalue weighted by molar-refractivity contribution is 5.98. The maximum Gasteiger partial charge on any atom is 0.326 e. The monoisotopic (exact) mass is 1320 g/mol. The Morgan fingerprint density at radius 3 is 1.52 bits per heavy atom. The van der Waals surface area contributed by atoms with E-state index < -0.39 is 227 Å². The topological polar surface area (TPSA) is 681 Å². The van der Waals surface area contributed by atoms with Crippen molar-refractivity contribution in [3.63, 3.8) is 0 Å². The highest BCUT2D eigenvalue weighted by atomic mass is 16.4. The van der Waals surface area contributed by atoms with E-state index in [-0.39, 0.29) is 48.6 Å². The molecule has 28 N–H and O–H groups in total. The lowest BCUT2D eigenvalue weighted by atomic mass is 10.0. The van der Waals surface area contributed by atoms with Crippen molar-refractivity contribution in [2.75, 3.05) is 50.9 Å². The number of carbonyl (C=O) groups excluding carboxylic acids is 8. The summed E-state index contributed by atoms with van der Waals surface area (Å²) in [6, 6.07) is -3.24. The number of H-pyrrole nitrogens is 1. The van der Waals surface area contributed by atoms with Gasteiger partial charge in [0, 0.05) is 63.6 Å². The number of hydrogen-bond donors (Lipinski definition) is 26. The summed E-state index contributed by atoms with van der Waals surface area (Å²) in [4.78, 5) is 160. The number of aliphatic carboxylic acids is 2. The highest BCUT2D eigenvalue weighted by Gasteiger charge is 2.35. The highest BCUT2D eigenvalue weighted by Crippen LogP contribution is 2.15. The zero-order valence-corrected chi connectivity index (χ0v) is 50.1. The molecule has 1 aromatic carbocycles. The molecule has 0 unspecified atom stereocenters. The average molecular weight is 1320 g/mol. The number of anilines is 2. The first-order chi connectivity index (χ1) is 43.9. The summed E-state index contributed by atoms with van der Waals surface area (Å²) in [6.45, 7) is -3.51. The summed E-state index contributed by atoms with van der Waals surface area (Å²) in [5, 5.41) is 149. The van der Waals surface area contributed by atoms with Crippen LogP contribution in [0.4, 0.5) is 11.6 Å². The maximum atomic E-state index is 14.3. The van der Waals surface area contributed by atoms with Crippen molar-refractivity contribution in [2.45, 2.75) is 150 Å². The number of carbonyl (C=O) groups is 10. The Morgan fingerprint density at radius 1 is 0.581 bits per heavy atom. The molecule has 0 aliphatic carbocycles. The van der Waals surface area contributed by atoms with Gasteiger partial charge in [0.25, 0.3) is 11.5 Å². The number of fused-ring (bicyclic) bond motifs is 1. The van der Waals surface area contributed by atoms with Crippen LogP contribution in [0.5, 0.6) is 0 Å². The van der Waals surface area contributed by atoms with Crippen LogP contribution in [0.2, 0.25) is 0 Å². The zero-order chi connectivity index (χ0) is 69.6. The van der Waals surface area contributed by atoms with Gasteiger partial charge in [-0.15, -0.1) is 0 Å². The van der Waals surface area contributed by atoms with Gasteiger partial charge in [-0.1, -0.05) is 0 Å². The van der Waals surface area contributed by atoms with E-state index in [1.54, 1.807) is 0 Å². The number of guanidine groups is 1. The van der Waals surface area contributed by atoms with E-state index in [2.05, 4.69) is 73.1 Å². The number of aromatic amines is 1. The number of nitrogens with two attached hydrogens (primary N) is 2. The van der Waals surface area contributed by atoms with Gasteiger partial charge in [-0.05, 0) is 62.8 Å². The van der Waals surface area contributed by atoms with Crippen LogP contribution in [0, 0.1) is 5.41 Å². The maximum absolute atomic E-state index is 14.3. The first kappa shape index (κ1) is 77.9. The molecule has 2 aromatic heterocycles. The van der Waals surface area contributed by atoms with Gasteiger partial charge in [0.15, 0.2) is 17.1 Å². The normalized spacial score (nSPS) is 15.4. The number of nitrogen functional groups attached to an aromatic ring is 1. The minimum atomic E-state index is -2.11. The number of aliphatic hydroxyl groups excluding tert-OH is 10. The minimum absolute atomic E-state index is 0.0186. The molecular formula is C53H81N17O23. The SMILES string of the molecule is CNC(=O)[C@H](CCCNC(=N)N)NC(=O)[C@H](CCC(=O)NC[C@H](O)[C@@H](O)[C@H](O)[C@H](O)CO)NC(=O)[C@H](CCC(=O)O)NC(=O)[C@H](CCC(=O)NC[C@H](O)[C@@H](O)[C@H](O)[C@H](O)CO)NC(=O)CC[C@H](NC(=O)c1ccc(NCc2cnc3nc(N)[nH]c(=O)c3n2)cc1)C(=O)O. The van der Waals surface area contributed by atoms with Gasteiger partial charge in [0.1, 0.15) is 66.8 Å². The Hall–Kier alpha value is -9.39. The standard InChI is InChI=1S/C53H81N17O23/c1-57-46(87)26(3-2-16-58-52(54)55)65-48(89)28(9-13-36(78)61-20-32(74)41(83)43(85)34(76)22-72)66-49(90)29(11-15-38(80)81)67-47(88)27(8-12-35(77)60-19-31(73)40(82)42(84)33(75)21-71)64-37(79)14-10-30(51(92)93)68-45(86)23-4-6-24(7-5-23)59-17-25-18-62-44-39(63-25)50(91)70-53(56)69-44/h4-7,18,26-34,40-43,59,71-76,82-85H,2-3,8-17,19-22H2,1H3,(H,57,87)(H,60,77)(H,61,78)(H,64,79)(H,65,89)(H,66,90)(H,67,88)(H,68,86)(H,80,81)(H,92,93)(H4,54,55,58)(H3,56,62,69,70,91)/t26-,27-,28-,29-,30-,31-,32-,33+,34+,40+,41+,42+,43+/m0/s1. The molecule has 2 heterocycles. The number of carboxylic acids is 2. The second kappa shape index (κ2) is 39.1. The summed E-state index contributed by atoms with van der Waals surface area (Å²) >= 11 is 0. The number of nitrogens with one attached hydrogen (secondary N) is 12. The van der Waals surface area contributed by atoms with Gasteiger partial charge in [-0.25, -0.2) is 14.8 Å². The van der Waals surface area contributed by atoms with E-state index in [4.69, 9.17) is 27.1 Å². The van der Waals surface area contributed by atoms with E-state index in [1.165, 1.54) is 37.5 Å². The molecule has 0 saturated heterocycles. The third-order valence-electron chi connectivity index (χ3n) is 13.8. The largest absolute Gasteiger partial charge is 0.481 e. The van der Waals surface area contributed by atoms with Gasteiger partial charge in [0.05, 0.1) is 43.9 Å². The fourth-order valence-electron chi connectivity index (χ4n) is 8.42. The third-order valence-corrected chi connectivity index (χ3v) is 13.8. The lowest BCUT2D eigenvalue weighted by Crippen LogP contribution is -2.58. The number of rotatable bonds is 42. The molecule has 3 aromatic rings. The summed E-state index contributed by atoms with van der Waals surface area (Å²) in [7, 11) is 1.23. The number of benzene rings is 1. The number of amides is 8. The van der Waals surface area contributed by atoms with E-state index in [0.717, 1.165) is 0 Å². The Morgan fingerprint density at radius 2 is 1.04 bits per heavy atom. The number of carboxylic acid groups (broad SMARTS) is 2. The number of aromatic nitrogens is 4. The number of hydrogen-bond acceptors (Lipinski definition) is 27. The Balaban J connectivity index is 1.89.